The number of rotatable bonds is 3. The third-order valence-electron chi connectivity index (χ3n) is 3.75. The third-order valence-corrected chi connectivity index (χ3v) is 4.90. The average Bonchev–Trinajstić information content (AvgIpc) is 3.07. The lowest BCUT2D eigenvalue weighted by Gasteiger charge is -2.14. The Morgan fingerprint density at radius 3 is 2.82 bits per heavy atom. The van der Waals surface area contributed by atoms with Crippen LogP contribution in [0.4, 0.5) is 4.39 Å². The van der Waals surface area contributed by atoms with Gasteiger partial charge in [0, 0.05) is 19.5 Å². The highest BCUT2D eigenvalue weighted by atomic mass is 32.1. The molecule has 1 aliphatic rings. The van der Waals surface area contributed by atoms with Crippen molar-refractivity contribution in [2.75, 3.05) is 13.1 Å². The summed E-state index contributed by atoms with van der Waals surface area (Å²) in [5, 5.41) is 10.4. The molecule has 116 valence electrons. The van der Waals surface area contributed by atoms with Gasteiger partial charge in [0.2, 0.25) is 0 Å². The summed E-state index contributed by atoms with van der Waals surface area (Å²) in [4.78, 5) is 19.2. The van der Waals surface area contributed by atoms with Crippen LogP contribution in [0.1, 0.15) is 32.4 Å². The number of nitrogens with zero attached hydrogens (tertiary/aromatic N) is 2. The number of carbonyl (C=O) groups excluding carboxylic acids is 1. The fourth-order valence-corrected chi connectivity index (χ4v) is 3.64. The molecule has 1 fully saturated rings. The van der Waals surface area contributed by atoms with Gasteiger partial charge in [-0.2, -0.15) is 0 Å². The van der Waals surface area contributed by atoms with Crippen molar-refractivity contribution in [3.63, 3.8) is 0 Å². The summed E-state index contributed by atoms with van der Waals surface area (Å²) in [5.74, 6) is -0.320. The number of β-amino-alcohol motifs (C(OH)–C–C–N with tert-alkyl or cyclic N) is 1. The number of aromatic nitrogens is 1. The van der Waals surface area contributed by atoms with Crippen LogP contribution in [-0.2, 0) is 6.42 Å². The zero-order valence-electron chi connectivity index (χ0n) is 12.3. The van der Waals surface area contributed by atoms with Gasteiger partial charge in [0.1, 0.15) is 10.7 Å². The van der Waals surface area contributed by atoms with Gasteiger partial charge in [-0.1, -0.05) is 12.1 Å². The number of benzene rings is 1. The maximum absolute atomic E-state index is 12.9. The van der Waals surface area contributed by atoms with Gasteiger partial charge < -0.3 is 10.0 Å². The number of hydrogen-bond donors (Lipinski definition) is 1. The molecule has 1 aromatic carbocycles. The maximum Gasteiger partial charge on any atom is 0.265 e. The van der Waals surface area contributed by atoms with E-state index in [1.807, 2.05) is 6.92 Å². The molecule has 22 heavy (non-hydrogen) atoms. The summed E-state index contributed by atoms with van der Waals surface area (Å²) in [7, 11) is 0. The van der Waals surface area contributed by atoms with E-state index >= 15 is 0 Å². The number of likely N-dealkylation sites (tertiary alicyclic amines) is 1. The van der Waals surface area contributed by atoms with Gasteiger partial charge in [-0.3, -0.25) is 4.79 Å². The number of carbonyl (C=O) groups is 1. The molecule has 1 N–H and O–H groups in total. The first kappa shape index (κ1) is 15.1. The number of amides is 1. The molecule has 2 heterocycles. The van der Waals surface area contributed by atoms with Gasteiger partial charge in [-0.05, 0) is 31.0 Å². The molecule has 1 amide bonds. The molecule has 0 spiro atoms. The molecule has 0 saturated carbocycles. The normalized spacial score (nSPS) is 18.0. The van der Waals surface area contributed by atoms with E-state index < -0.39 is 6.10 Å². The smallest absolute Gasteiger partial charge is 0.265 e. The van der Waals surface area contributed by atoms with E-state index in [4.69, 9.17) is 0 Å². The summed E-state index contributed by atoms with van der Waals surface area (Å²) in [5.41, 5.74) is 1.68. The van der Waals surface area contributed by atoms with Crippen molar-refractivity contribution in [3.05, 3.63) is 51.2 Å². The van der Waals surface area contributed by atoms with E-state index in [1.54, 1.807) is 17.0 Å². The van der Waals surface area contributed by atoms with Crippen LogP contribution in [0.5, 0.6) is 0 Å². The topological polar surface area (TPSA) is 53.4 Å². The summed E-state index contributed by atoms with van der Waals surface area (Å²) < 4.78 is 12.9. The molecule has 1 aliphatic heterocycles. The summed E-state index contributed by atoms with van der Waals surface area (Å²) in [6.45, 7) is 2.80. The highest BCUT2D eigenvalue weighted by Gasteiger charge is 2.28. The number of thiazole rings is 1. The van der Waals surface area contributed by atoms with Crippen LogP contribution >= 0.6 is 11.3 Å². The van der Waals surface area contributed by atoms with E-state index in [0.717, 1.165) is 10.6 Å². The van der Waals surface area contributed by atoms with E-state index in [9.17, 15) is 14.3 Å². The molecule has 0 bridgehead atoms. The lowest BCUT2D eigenvalue weighted by atomic mass is 10.1. The fourth-order valence-electron chi connectivity index (χ4n) is 2.57. The fraction of sp³-hybridized carbons (Fsp3) is 0.375. The van der Waals surface area contributed by atoms with Crippen molar-refractivity contribution in [2.24, 2.45) is 0 Å². The van der Waals surface area contributed by atoms with Crippen molar-refractivity contribution in [1.82, 2.24) is 9.88 Å². The van der Waals surface area contributed by atoms with Crippen LogP contribution in [0.25, 0.3) is 0 Å². The van der Waals surface area contributed by atoms with Crippen molar-refractivity contribution < 1.29 is 14.3 Å². The Kier molecular flexibility index (Phi) is 4.22. The average molecular weight is 320 g/mol. The molecule has 6 heteroatoms. The van der Waals surface area contributed by atoms with Crippen LogP contribution in [-0.4, -0.2) is 40.1 Å². The predicted octanol–water partition coefficient (Wildman–Crippen LogP) is 2.39. The Labute approximate surface area is 132 Å². The van der Waals surface area contributed by atoms with Gasteiger partial charge in [0.05, 0.1) is 16.8 Å². The SMILES string of the molecule is Cc1nc(Cc2ccc(F)cc2)sc1C(=O)N1CC[C@H](O)C1. The molecule has 0 radical (unpaired) electrons. The highest BCUT2D eigenvalue weighted by molar-refractivity contribution is 7.13. The first-order valence-electron chi connectivity index (χ1n) is 7.21. The number of halogens is 1. The first-order chi connectivity index (χ1) is 10.5. The molecular weight excluding hydrogens is 303 g/mol. The van der Waals surface area contributed by atoms with Gasteiger partial charge >= 0.3 is 0 Å². The second-order valence-electron chi connectivity index (χ2n) is 5.52. The minimum atomic E-state index is -0.420. The third kappa shape index (κ3) is 3.18. The number of hydrogen-bond acceptors (Lipinski definition) is 4. The first-order valence-corrected chi connectivity index (χ1v) is 8.02. The second-order valence-corrected chi connectivity index (χ2v) is 6.60. The number of aryl methyl sites for hydroxylation is 1. The summed E-state index contributed by atoms with van der Waals surface area (Å²) in [6.07, 6.45) is 0.795. The Balaban J connectivity index is 1.75. The predicted molar refractivity (Wildman–Crippen MR) is 82.6 cm³/mol. The molecule has 0 unspecified atom stereocenters. The standard InChI is InChI=1S/C16H17FN2O2S/c1-10-15(16(21)19-7-6-13(20)9-19)22-14(18-10)8-11-2-4-12(17)5-3-11/h2-5,13,20H,6-9H2,1H3/t13-/m0/s1. The molecule has 3 rings (SSSR count). The van der Waals surface area contributed by atoms with Crippen molar-refractivity contribution >= 4 is 17.2 Å². The Hall–Kier alpha value is -1.79. The monoisotopic (exact) mass is 320 g/mol. The summed E-state index contributed by atoms with van der Waals surface area (Å²) >= 11 is 1.38. The maximum atomic E-state index is 12.9. The number of aliphatic hydroxyl groups is 1. The molecule has 2 aromatic rings. The Morgan fingerprint density at radius 2 is 2.18 bits per heavy atom. The van der Waals surface area contributed by atoms with Gasteiger partial charge in [-0.25, -0.2) is 9.37 Å². The van der Waals surface area contributed by atoms with Crippen molar-refractivity contribution in [2.45, 2.75) is 25.9 Å². The second kappa shape index (κ2) is 6.14. The van der Waals surface area contributed by atoms with Crippen molar-refractivity contribution in [1.29, 1.82) is 0 Å². The van der Waals surface area contributed by atoms with Crippen molar-refractivity contribution in [3.8, 4) is 0 Å². The van der Waals surface area contributed by atoms with Crippen LogP contribution < -0.4 is 0 Å². The molecule has 1 atom stereocenters. The molecular formula is C16H17FN2O2S. The minimum Gasteiger partial charge on any atom is -0.391 e. The highest BCUT2D eigenvalue weighted by Crippen LogP contribution is 2.24. The van der Waals surface area contributed by atoms with E-state index in [1.165, 1.54) is 23.5 Å². The van der Waals surface area contributed by atoms with E-state index in [2.05, 4.69) is 4.98 Å². The van der Waals surface area contributed by atoms with Crippen LogP contribution in [0, 0.1) is 12.7 Å². The van der Waals surface area contributed by atoms with E-state index in [-0.39, 0.29) is 11.7 Å². The lowest BCUT2D eigenvalue weighted by Crippen LogP contribution is -2.29. The Bertz CT molecular complexity index is 684. The minimum absolute atomic E-state index is 0.0584. The summed E-state index contributed by atoms with van der Waals surface area (Å²) in [6, 6.07) is 6.30. The van der Waals surface area contributed by atoms with Gasteiger partial charge in [0.25, 0.3) is 5.91 Å². The molecule has 1 saturated heterocycles. The zero-order valence-corrected chi connectivity index (χ0v) is 13.1. The molecule has 0 aliphatic carbocycles. The van der Waals surface area contributed by atoms with Crippen LogP contribution in [0.15, 0.2) is 24.3 Å². The largest absolute Gasteiger partial charge is 0.391 e. The quantitative estimate of drug-likeness (QED) is 0.945. The van der Waals surface area contributed by atoms with E-state index in [0.29, 0.717) is 36.5 Å². The molecule has 1 aromatic heterocycles. The number of aliphatic hydroxyl groups excluding tert-OH is 1. The zero-order chi connectivity index (χ0) is 15.7. The lowest BCUT2D eigenvalue weighted by molar-refractivity contribution is 0.0769. The Morgan fingerprint density at radius 1 is 1.45 bits per heavy atom. The molecule has 4 nitrogen and oxygen atoms in total. The van der Waals surface area contributed by atoms with Crippen LogP contribution in [0.2, 0.25) is 0 Å². The van der Waals surface area contributed by atoms with Gasteiger partial charge in [0.15, 0.2) is 0 Å². The van der Waals surface area contributed by atoms with Gasteiger partial charge in [-0.15, -0.1) is 11.3 Å². The van der Waals surface area contributed by atoms with Crippen LogP contribution in [0.3, 0.4) is 0 Å².